The van der Waals surface area contributed by atoms with Crippen LogP contribution in [0.25, 0.3) is 121 Å². The topological polar surface area (TPSA) is 38.9 Å². The molecule has 59 heavy (non-hydrogen) atoms. The molecule has 0 bridgehead atoms. The molecule has 2 aromatic heterocycles. The third-order valence-electron chi connectivity index (χ3n) is 11.9. The number of aromatic nitrogens is 2. The Kier molecular flexibility index (Phi) is 7.54. The van der Waals surface area contributed by atoms with Crippen LogP contribution in [0.2, 0.25) is 0 Å². The van der Waals surface area contributed by atoms with E-state index in [1.54, 1.807) is 0 Å². The lowest BCUT2D eigenvalue weighted by Crippen LogP contribution is -1.98. The van der Waals surface area contributed by atoms with Gasteiger partial charge in [-0.15, -0.1) is 0 Å². The highest BCUT2D eigenvalue weighted by Gasteiger charge is 2.19. The molecule has 0 aliphatic carbocycles. The second-order valence-electron chi connectivity index (χ2n) is 15.3. The van der Waals surface area contributed by atoms with Gasteiger partial charge < -0.3 is 4.42 Å². The molecule has 12 aromatic rings. The Labute approximate surface area is 340 Å². The third kappa shape index (κ3) is 5.59. The molecule has 0 radical (unpaired) electrons. The Morgan fingerprint density at radius 3 is 1.73 bits per heavy atom. The first kappa shape index (κ1) is 33.3. The minimum absolute atomic E-state index is 0.700. The lowest BCUT2D eigenvalue weighted by atomic mass is 9.92. The van der Waals surface area contributed by atoms with Crippen molar-refractivity contribution in [3.05, 3.63) is 206 Å². The SMILES string of the molecule is c1ccc(-c2ccccc2-c2cc(-c3ccc(-c4ccc5oc6cc7ccccc7cc6c5c4)cc3)nc(-c3c4ccccc4cc4c3ccc3ccccc34)n2)cc1. The maximum absolute atomic E-state index is 6.32. The van der Waals surface area contributed by atoms with E-state index >= 15 is 0 Å². The first-order valence-corrected chi connectivity index (χ1v) is 20.1. The van der Waals surface area contributed by atoms with Crippen LogP contribution < -0.4 is 0 Å². The Balaban J connectivity index is 1.05. The summed E-state index contributed by atoms with van der Waals surface area (Å²) in [6.07, 6.45) is 0. The van der Waals surface area contributed by atoms with Crippen LogP contribution in [0.1, 0.15) is 0 Å². The minimum atomic E-state index is 0.700. The zero-order valence-corrected chi connectivity index (χ0v) is 31.9. The van der Waals surface area contributed by atoms with Gasteiger partial charge in [0.05, 0.1) is 11.4 Å². The van der Waals surface area contributed by atoms with Crippen molar-refractivity contribution in [2.24, 2.45) is 0 Å². The molecule has 2 heterocycles. The summed E-state index contributed by atoms with van der Waals surface area (Å²) in [4.78, 5) is 10.9. The Hall–Kier alpha value is -7.88. The van der Waals surface area contributed by atoms with Crippen molar-refractivity contribution in [2.45, 2.75) is 0 Å². The van der Waals surface area contributed by atoms with Gasteiger partial charge in [0.1, 0.15) is 11.2 Å². The van der Waals surface area contributed by atoms with Crippen LogP contribution in [0.4, 0.5) is 0 Å². The largest absolute Gasteiger partial charge is 0.456 e. The second kappa shape index (κ2) is 13.4. The van der Waals surface area contributed by atoms with Gasteiger partial charge >= 0.3 is 0 Å². The van der Waals surface area contributed by atoms with E-state index in [0.29, 0.717) is 5.82 Å². The van der Waals surface area contributed by atoms with Crippen LogP contribution in [0.15, 0.2) is 211 Å². The average Bonchev–Trinajstić information content (AvgIpc) is 3.66. The number of furan rings is 1. The predicted molar refractivity (Wildman–Crippen MR) is 247 cm³/mol. The van der Waals surface area contributed by atoms with Crippen molar-refractivity contribution >= 4 is 65.0 Å². The fourth-order valence-electron chi connectivity index (χ4n) is 8.96. The molecule has 0 saturated heterocycles. The van der Waals surface area contributed by atoms with Crippen molar-refractivity contribution in [3.63, 3.8) is 0 Å². The summed E-state index contributed by atoms with van der Waals surface area (Å²) in [7, 11) is 0. The zero-order chi connectivity index (χ0) is 38.9. The van der Waals surface area contributed by atoms with Gasteiger partial charge in [-0.05, 0) is 102 Å². The Morgan fingerprint density at radius 1 is 0.288 bits per heavy atom. The monoisotopic (exact) mass is 750 g/mol. The third-order valence-corrected chi connectivity index (χ3v) is 11.9. The molecule has 3 nitrogen and oxygen atoms in total. The highest BCUT2D eigenvalue weighted by molar-refractivity contribution is 6.19. The summed E-state index contributed by atoms with van der Waals surface area (Å²) in [5, 5.41) is 11.7. The van der Waals surface area contributed by atoms with E-state index in [2.05, 4.69) is 206 Å². The lowest BCUT2D eigenvalue weighted by Gasteiger charge is -2.16. The maximum Gasteiger partial charge on any atom is 0.161 e. The number of nitrogens with zero attached hydrogens (tertiary/aromatic N) is 2. The average molecular weight is 751 g/mol. The standard InChI is InChI=1S/C56H34N2O/c1-2-12-36(13-3-1)43-18-10-11-21-46(43)52-34-51(57-56(58-52)55-45-20-9-7-17-42(45)32-48-44-19-8-6-14-37(44)26-28-47(48)55)38-24-22-35(23-25-38)41-27-29-53-49(31-41)50-30-39-15-4-5-16-40(39)33-54(50)59-53/h1-34H. The number of benzene rings is 10. The molecule has 0 unspecified atom stereocenters. The molecule has 10 aromatic carbocycles. The number of fused-ring (bicyclic) bond motifs is 8. The maximum atomic E-state index is 6.32. The van der Waals surface area contributed by atoms with Crippen molar-refractivity contribution < 1.29 is 4.42 Å². The van der Waals surface area contributed by atoms with Crippen molar-refractivity contribution in [3.8, 4) is 56.2 Å². The van der Waals surface area contributed by atoms with E-state index in [4.69, 9.17) is 14.4 Å². The quantitative estimate of drug-likeness (QED) is 0.130. The number of rotatable bonds is 5. The van der Waals surface area contributed by atoms with Gasteiger partial charge in [-0.1, -0.05) is 170 Å². The van der Waals surface area contributed by atoms with Crippen LogP contribution in [0.5, 0.6) is 0 Å². The van der Waals surface area contributed by atoms with Crippen molar-refractivity contribution in [1.82, 2.24) is 9.97 Å². The van der Waals surface area contributed by atoms with E-state index in [1.807, 2.05) is 0 Å². The first-order valence-electron chi connectivity index (χ1n) is 20.1. The molecule has 0 saturated carbocycles. The molecule has 0 aliphatic heterocycles. The number of hydrogen-bond donors (Lipinski definition) is 0. The van der Waals surface area contributed by atoms with Gasteiger partial charge in [-0.25, -0.2) is 9.97 Å². The van der Waals surface area contributed by atoms with E-state index in [9.17, 15) is 0 Å². The molecule has 0 N–H and O–H groups in total. The summed E-state index contributed by atoms with van der Waals surface area (Å²) in [6, 6.07) is 73.4. The van der Waals surface area contributed by atoms with Crippen LogP contribution in [0, 0.1) is 0 Å². The molecular weight excluding hydrogens is 717 g/mol. The van der Waals surface area contributed by atoms with E-state index in [-0.39, 0.29) is 0 Å². The Morgan fingerprint density at radius 2 is 0.898 bits per heavy atom. The van der Waals surface area contributed by atoms with Gasteiger partial charge in [0.2, 0.25) is 0 Å². The van der Waals surface area contributed by atoms with E-state index in [1.165, 1.54) is 26.9 Å². The second-order valence-corrected chi connectivity index (χ2v) is 15.3. The summed E-state index contributed by atoms with van der Waals surface area (Å²) in [5.74, 6) is 0.700. The van der Waals surface area contributed by atoms with E-state index in [0.717, 1.165) is 88.4 Å². The molecule has 0 fully saturated rings. The summed E-state index contributed by atoms with van der Waals surface area (Å²) >= 11 is 0. The predicted octanol–water partition coefficient (Wildman–Crippen LogP) is 15.3. The van der Waals surface area contributed by atoms with Gasteiger partial charge in [0, 0.05) is 27.5 Å². The van der Waals surface area contributed by atoms with Crippen LogP contribution in [-0.4, -0.2) is 9.97 Å². The van der Waals surface area contributed by atoms with Crippen LogP contribution in [0.3, 0.4) is 0 Å². The summed E-state index contributed by atoms with van der Waals surface area (Å²) in [5.41, 5.74) is 11.2. The van der Waals surface area contributed by atoms with Crippen molar-refractivity contribution in [2.75, 3.05) is 0 Å². The fourth-order valence-corrected chi connectivity index (χ4v) is 8.96. The summed E-state index contributed by atoms with van der Waals surface area (Å²) in [6.45, 7) is 0. The molecule has 12 rings (SSSR count). The number of hydrogen-bond acceptors (Lipinski definition) is 3. The zero-order valence-electron chi connectivity index (χ0n) is 31.9. The molecular formula is C56H34N2O. The minimum Gasteiger partial charge on any atom is -0.456 e. The molecule has 3 heteroatoms. The molecule has 0 amide bonds. The van der Waals surface area contributed by atoms with Gasteiger partial charge in [-0.2, -0.15) is 0 Å². The van der Waals surface area contributed by atoms with Gasteiger partial charge in [0.25, 0.3) is 0 Å². The normalized spacial score (nSPS) is 11.7. The van der Waals surface area contributed by atoms with Crippen molar-refractivity contribution in [1.29, 1.82) is 0 Å². The van der Waals surface area contributed by atoms with Gasteiger partial charge in [0.15, 0.2) is 5.82 Å². The molecule has 0 atom stereocenters. The lowest BCUT2D eigenvalue weighted by molar-refractivity contribution is 0.669. The highest BCUT2D eigenvalue weighted by atomic mass is 16.3. The first-order chi connectivity index (χ1) is 29.2. The highest BCUT2D eigenvalue weighted by Crippen LogP contribution is 2.41. The molecule has 0 aliphatic rings. The smallest absolute Gasteiger partial charge is 0.161 e. The van der Waals surface area contributed by atoms with Crippen LogP contribution >= 0.6 is 0 Å². The van der Waals surface area contributed by atoms with Crippen LogP contribution in [-0.2, 0) is 0 Å². The molecule has 274 valence electrons. The Bertz CT molecular complexity index is 3600. The molecule has 0 spiro atoms. The van der Waals surface area contributed by atoms with Gasteiger partial charge in [-0.3, -0.25) is 0 Å². The summed E-state index contributed by atoms with van der Waals surface area (Å²) < 4.78 is 6.32. The van der Waals surface area contributed by atoms with E-state index < -0.39 is 0 Å². The fraction of sp³-hybridized carbons (Fsp3) is 0.